The Morgan fingerprint density at radius 3 is 2.48 bits per heavy atom. The summed E-state index contributed by atoms with van der Waals surface area (Å²) < 4.78 is 13.0. The van der Waals surface area contributed by atoms with Crippen LogP contribution in [-0.4, -0.2) is 22.4 Å². The highest BCUT2D eigenvalue weighted by Gasteiger charge is 2.19. The Bertz CT molecular complexity index is 835. The first-order chi connectivity index (χ1) is 11.2. The molecule has 0 fully saturated rings. The molecule has 3 N–H and O–H groups in total. The topological polar surface area (TPSA) is 80.9 Å². The van der Waals surface area contributed by atoms with Gasteiger partial charge in [-0.15, -0.1) is 0 Å². The van der Waals surface area contributed by atoms with E-state index in [-0.39, 0.29) is 18.3 Å². The van der Waals surface area contributed by atoms with Crippen LogP contribution in [0.3, 0.4) is 0 Å². The Kier molecular flexibility index (Phi) is 4.25. The Hall–Kier alpha value is -2.86. The van der Waals surface area contributed by atoms with Crippen LogP contribution in [0.1, 0.15) is 11.5 Å². The zero-order chi connectivity index (χ0) is 16.2. The number of anilines is 1. The Labute approximate surface area is 132 Å². The molecule has 116 valence electrons. The van der Waals surface area contributed by atoms with Gasteiger partial charge in [0.1, 0.15) is 5.82 Å². The second-order valence-electron chi connectivity index (χ2n) is 5.09. The van der Waals surface area contributed by atoms with Crippen LogP contribution < -0.4 is 11.1 Å². The molecule has 2 aromatic carbocycles. The summed E-state index contributed by atoms with van der Waals surface area (Å²) >= 11 is 0. The van der Waals surface area contributed by atoms with Gasteiger partial charge in [0, 0.05) is 24.6 Å². The average Bonchev–Trinajstić information content (AvgIpc) is 2.57. The van der Waals surface area contributed by atoms with Crippen LogP contribution in [-0.2, 0) is 4.79 Å². The summed E-state index contributed by atoms with van der Waals surface area (Å²) in [7, 11) is 0. The summed E-state index contributed by atoms with van der Waals surface area (Å²) in [6, 6.07) is 11.1. The number of fused-ring (bicyclic) bond motifs is 1. The number of hydrogen-bond donors (Lipinski definition) is 2. The fraction of sp³-hybridized carbons (Fsp3) is 0.118. The van der Waals surface area contributed by atoms with Gasteiger partial charge in [0.15, 0.2) is 0 Å². The number of benzene rings is 2. The van der Waals surface area contributed by atoms with Crippen molar-refractivity contribution in [2.24, 2.45) is 5.73 Å². The first-order valence-electron chi connectivity index (χ1n) is 7.14. The molecule has 0 aliphatic carbocycles. The van der Waals surface area contributed by atoms with E-state index in [4.69, 9.17) is 5.73 Å². The molecule has 1 amide bonds. The fourth-order valence-electron chi connectivity index (χ4n) is 2.36. The minimum atomic E-state index is -0.548. The molecule has 0 aliphatic heterocycles. The lowest BCUT2D eigenvalue weighted by atomic mass is 9.98. The molecule has 0 aliphatic rings. The summed E-state index contributed by atoms with van der Waals surface area (Å²) in [5.74, 6) is -1.14. The number of hydrogen-bond acceptors (Lipinski definition) is 4. The van der Waals surface area contributed by atoms with Gasteiger partial charge < -0.3 is 11.1 Å². The van der Waals surface area contributed by atoms with E-state index < -0.39 is 5.92 Å². The molecular weight excluding hydrogens is 295 g/mol. The molecular formula is C17H15FN4O. The van der Waals surface area contributed by atoms with Crippen molar-refractivity contribution in [2.45, 2.75) is 5.92 Å². The van der Waals surface area contributed by atoms with Crippen LogP contribution in [0.25, 0.3) is 11.0 Å². The van der Waals surface area contributed by atoms with Crippen molar-refractivity contribution in [3.05, 3.63) is 66.2 Å². The minimum absolute atomic E-state index is 0.130. The van der Waals surface area contributed by atoms with Crippen molar-refractivity contribution in [1.29, 1.82) is 0 Å². The number of halogens is 1. The molecule has 0 saturated carbocycles. The van der Waals surface area contributed by atoms with Crippen molar-refractivity contribution in [2.75, 3.05) is 11.9 Å². The van der Waals surface area contributed by atoms with Crippen molar-refractivity contribution >= 4 is 22.6 Å². The van der Waals surface area contributed by atoms with Crippen LogP contribution in [0.15, 0.2) is 54.9 Å². The predicted molar refractivity (Wildman–Crippen MR) is 86.4 cm³/mol. The van der Waals surface area contributed by atoms with Crippen molar-refractivity contribution in [3.8, 4) is 0 Å². The molecule has 0 saturated heterocycles. The van der Waals surface area contributed by atoms with E-state index in [1.807, 2.05) is 0 Å². The smallest absolute Gasteiger partial charge is 0.233 e. The molecule has 1 heterocycles. The highest BCUT2D eigenvalue weighted by molar-refractivity contribution is 5.97. The molecule has 5 nitrogen and oxygen atoms in total. The summed E-state index contributed by atoms with van der Waals surface area (Å²) in [5.41, 5.74) is 8.44. The van der Waals surface area contributed by atoms with E-state index in [2.05, 4.69) is 15.3 Å². The van der Waals surface area contributed by atoms with Gasteiger partial charge in [-0.05, 0) is 35.9 Å². The molecule has 1 unspecified atom stereocenters. The lowest BCUT2D eigenvalue weighted by molar-refractivity contribution is -0.117. The monoisotopic (exact) mass is 310 g/mol. The first kappa shape index (κ1) is 15.1. The van der Waals surface area contributed by atoms with E-state index >= 15 is 0 Å². The number of carbonyl (C=O) groups excluding carboxylic acids is 1. The molecule has 3 rings (SSSR count). The van der Waals surface area contributed by atoms with Gasteiger partial charge in [-0.3, -0.25) is 14.8 Å². The zero-order valence-electron chi connectivity index (χ0n) is 12.2. The molecule has 1 aromatic heterocycles. The van der Waals surface area contributed by atoms with Gasteiger partial charge >= 0.3 is 0 Å². The van der Waals surface area contributed by atoms with Crippen LogP contribution >= 0.6 is 0 Å². The van der Waals surface area contributed by atoms with Gasteiger partial charge in [0.05, 0.1) is 17.0 Å². The number of carbonyl (C=O) groups is 1. The Balaban J connectivity index is 1.81. The van der Waals surface area contributed by atoms with Gasteiger partial charge in [-0.1, -0.05) is 12.1 Å². The third-order valence-electron chi connectivity index (χ3n) is 3.56. The summed E-state index contributed by atoms with van der Waals surface area (Å²) in [5, 5.41) is 2.82. The maximum absolute atomic E-state index is 13.0. The molecule has 6 heteroatoms. The third kappa shape index (κ3) is 3.32. The Morgan fingerprint density at radius 1 is 1.09 bits per heavy atom. The molecule has 1 atom stereocenters. The summed E-state index contributed by atoms with van der Waals surface area (Å²) in [6.07, 6.45) is 3.20. The van der Waals surface area contributed by atoms with Gasteiger partial charge in [0.25, 0.3) is 0 Å². The van der Waals surface area contributed by atoms with Crippen molar-refractivity contribution in [1.82, 2.24) is 9.97 Å². The maximum Gasteiger partial charge on any atom is 0.233 e. The minimum Gasteiger partial charge on any atom is -0.329 e. The van der Waals surface area contributed by atoms with Crippen LogP contribution in [0, 0.1) is 5.82 Å². The number of nitrogens with two attached hydrogens (primary N) is 1. The number of amides is 1. The third-order valence-corrected chi connectivity index (χ3v) is 3.56. The molecule has 3 aromatic rings. The van der Waals surface area contributed by atoms with E-state index in [1.165, 1.54) is 12.1 Å². The Morgan fingerprint density at radius 2 is 1.78 bits per heavy atom. The van der Waals surface area contributed by atoms with Crippen molar-refractivity contribution in [3.63, 3.8) is 0 Å². The maximum atomic E-state index is 13.0. The molecule has 0 bridgehead atoms. The quantitative estimate of drug-likeness (QED) is 0.775. The second kappa shape index (κ2) is 6.50. The normalized spacial score (nSPS) is 12.1. The van der Waals surface area contributed by atoms with Gasteiger partial charge in [0.2, 0.25) is 5.91 Å². The lowest BCUT2D eigenvalue weighted by Gasteiger charge is -2.15. The van der Waals surface area contributed by atoms with Crippen molar-refractivity contribution < 1.29 is 9.18 Å². The number of nitrogens with one attached hydrogen (secondary N) is 1. The number of nitrogens with zero attached hydrogens (tertiary/aromatic N) is 2. The largest absolute Gasteiger partial charge is 0.329 e. The molecule has 0 radical (unpaired) electrons. The van der Waals surface area contributed by atoms with E-state index in [0.29, 0.717) is 16.8 Å². The molecule has 23 heavy (non-hydrogen) atoms. The SMILES string of the molecule is NCC(C(=O)Nc1ccc2nccnc2c1)c1ccc(F)cc1. The van der Waals surface area contributed by atoms with Crippen LogP contribution in [0.2, 0.25) is 0 Å². The van der Waals surface area contributed by atoms with E-state index in [0.717, 1.165) is 5.52 Å². The zero-order valence-corrected chi connectivity index (χ0v) is 12.2. The first-order valence-corrected chi connectivity index (χ1v) is 7.14. The highest BCUT2D eigenvalue weighted by atomic mass is 19.1. The van der Waals surface area contributed by atoms with Crippen LogP contribution in [0.4, 0.5) is 10.1 Å². The lowest BCUT2D eigenvalue weighted by Crippen LogP contribution is -2.27. The van der Waals surface area contributed by atoms with Crippen LogP contribution in [0.5, 0.6) is 0 Å². The van der Waals surface area contributed by atoms with E-state index in [9.17, 15) is 9.18 Å². The fourth-order valence-corrected chi connectivity index (χ4v) is 2.36. The number of aromatic nitrogens is 2. The second-order valence-corrected chi connectivity index (χ2v) is 5.09. The van der Waals surface area contributed by atoms with E-state index in [1.54, 1.807) is 42.7 Å². The van der Waals surface area contributed by atoms with Gasteiger partial charge in [-0.25, -0.2) is 4.39 Å². The number of rotatable bonds is 4. The summed E-state index contributed by atoms with van der Waals surface area (Å²) in [4.78, 5) is 20.8. The standard InChI is InChI=1S/C17H15FN4O/c18-12-3-1-11(2-4-12)14(10-19)17(23)22-13-5-6-15-16(9-13)21-8-7-20-15/h1-9,14H,10,19H2,(H,22,23). The predicted octanol–water partition coefficient (Wildman–Crippen LogP) is 2.45. The highest BCUT2D eigenvalue weighted by Crippen LogP contribution is 2.20. The van der Waals surface area contributed by atoms with Gasteiger partial charge in [-0.2, -0.15) is 0 Å². The molecule has 0 spiro atoms. The average molecular weight is 310 g/mol. The summed E-state index contributed by atoms with van der Waals surface area (Å²) in [6.45, 7) is 0.130.